The summed E-state index contributed by atoms with van der Waals surface area (Å²) in [6, 6.07) is 12.2. The highest BCUT2D eigenvalue weighted by molar-refractivity contribution is 9.11. The highest BCUT2D eigenvalue weighted by Crippen LogP contribution is 2.34. The largest absolute Gasteiger partial charge is 0.506 e. The van der Waals surface area contributed by atoms with Crippen LogP contribution < -0.4 is 14.9 Å². The molecule has 3 aromatic rings. The van der Waals surface area contributed by atoms with E-state index in [1.807, 2.05) is 30.3 Å². The number of carbonyl (C=O) groups is 1. The number of phenols is 1. The number of allylic oxidation sites excluding steroid dienone is 1. The molecule has 0 aliphatic carbocycles. The predicted molar refractivity (Wildman–Crippen MR) is 130 cm³/mol. The Kier molecular flexibility index (Phi) is 6.50. The summed E-state index contributed by atoms with van der Waals surface area (Å²) in [5.41, 5.74) is 2.15. The SMILES string of the molecule is CCOC(=O)C1=C(C)N=c2s/c(=C\c3cc(Br)c(O)c(Br)c3)c(=O)n2[C@@H]1c1ccccc1. The lowest BCUT2D eigenvalue weighted by Gasteiger charge is -2.24. The number of aromatic nitrogens is 1. The molecular weight excluding hydrogens is 560 g/mol. The molecule has 0 fully saturated rings. The molecule has 1 aliphatic heterocycles. The number of aromatic hydroxyl groups is 1. The highest BCUT2D eigenvalue weighted by atomic mass is 79.9. The molecule has 0 radical (unpaired) electrons. The van der Waals surface area contributed by atoms with E-state index in [-0.39, 0.29) is 17.9 Å². The Morgan fingerprint density at radius 3 is 2.53 bits per heavy atom. The fourth-order valence-electron chi connectivity index (χ4n) is 3.56. The number of ether oxygens (including phenoxy) is 1. The van der Waals surface area contributed by atoms with Gasteiger partial charge in [0.2, 0.25) is 0 Å². The van der Waals surface area contributed by atoms with E-state index in [0.29, 0.717) is 29.5 Å². The second-order valence-corrected chi connectivity index (χ2v) is 9.76. The lowest BCUT2D eigenvalue weighted by Crippen LogP contribution is -2.39. The van der Waals surface area contributed by atoms with Gasteiger partial charge < -0.3 is 9.84 Å². The Hall–Kier alpha value is -2.49. The summed E-state index contributed by atoms with van der Waals surface area (Å²) < 4.78 is 8.32. The first kappa shape index (κ1) is 22.7. The molecule has 6 nitrogen and oxygen atoms in total. The van der Waals surface area contributed by atoms with Crippen molar-refractivity contribution in [3.8, 4) is 5.75 Å². The normalized spacial score (nSPS) is 16.0. The third kappa shape index (κ3) is 4.12. The fraction of sp³-hybridized carbons (Fsp3) is 0.174. The van der Waals surface area contributed by atoms with Gasteiger partial charge in [0.05, 0.1) is 37.4 Å². The number of benzene rings is 2. The molecule has 2 aromatic carbocycles. The number of rotatable bonds is 4. The van der Waals surface area contributed by atoms with Gasteiger partial charge in [0.1, 0.15) is 5.75 Å². The first-order valence-corrected chi connectivity index (χ1v) is 12.1. The molecule has 1 aliphatic rings. The number of fused-ring (bicyclic) bond motifs is 1. The smallest absolute Gasteiger partial charge is 0.338 e. The van der Waals surface area contributed by atoms with E-state index in [9.17, 15) is 14.7 Å². The maximum Gasteiger partial charge on any atom is 0.338 e. The molecule has 1 atom stereocenters. The number of thiazole rings is 1. The van der Waals surface area contributed by atoms with Gasteiger partial charge in [0.25, 0.3) is 5.56 Å². The number of nitrogens with zero attached hydrogens (tertiary/aromatic N) is 2. The predicted octanol–water partition coefficient (Wildman–Crippen LogP) is 4.03. The number of halogens is 2. The molecule has 0 saturated carbocycles. The van der Waals surface area contributed by atoms with E-state index in [1.54, 1.807) is 36.6 Å². The van der Waals surface area contributed by atoms with Gasteiger partial charge in [-0.15, -0.1) is 0 Å². The zero-order valence-electron chi connectivity index (χ0n) is 17.1. The van der Waals surface area contributed by atoms with Gasteiger partial charge in [-0.25, -0.2) is 9.79 Å². The van der Waals surface area contributed by atoms with Crippen LogP contribution in [0.15, 0.2) is 72.5 Å². The van der Waals surface area contributed by atoms with Gasteiger partial charge in [-0.2, -0.15) is 0 Å². The van der Waals surface area contributed by atoms with Crippen LogP contribution >= 0.6 is 43.2 Å². The monoisotopic (exact) mass is 576 g/mol. The number of esters is 1. The van der Waals surface area contributed by atoms with E-state index in [1.165, 1.54) is 11.3 Å². The molecule has 0 spiro atoms. The molecule has 0 bridgehead atoms. The maximum atomic E-state index is 13.5. The fourth-order valence-corrected chi connectivity index (χ4v) is 5.83. The first-order valence-electron chi connectivity index (χ1n) is 9.74. The molecule has 1 aromatic heterocycles. The zero-order chi connectivity index (χ0) is 23.0. The quantitative estimate of drug-likeness (QED) is 0.475. The molecule has 4 rings (SSSR count). The number of phenolic OH excluding ortho intramolecular Hbond substituents is 1. The molecule has 2 heterocycles. The van der Waals surface area contributed by atoms with E-state index < -0.39 is 12.0 Å². The Balaban J connectivity index is 1.96. The van der Waals surface area contributed by atoms with Crippen LogP contribution in [0.5, 0.6) is 5.75 Å². The third-order valence-corrected chi connectivity index (χ3v) is 7.16. The minimum absolute atomic E-state index is 0.0855. The Morgan fingerprint density at radius 1 is 1.25 bits per heavy atom. The molecule has 32 heavy (non-hydrogen) atoms. The third-order valence-electron chi connectivity index (χ3n) is 4.97. The summed E-state index contributed by atoms with van der Waals surface area (Å²) in [5.74, 6) is -0.398. The van der Waals surface area contributed by atoms with Gasteiger partial charge in [-0.3, -0.25) is 9.36 Å². The van der Waals surface area contributed by atoms with Crippen LogP contribution in [0, 0.1) is 0 Å². The molecule has 9 heteroatoms. The van der Waals surface area contributed by atoms with Crippen LogP contribution in [0.2, 0.25) is 0 Å². The van der Waals surface area contributed by atoms with Gasteiger partial charge in [0.15, 0.2) is 4.80 Å². The van der Waals surface area contributed by atoms with Crippen LogP contribution in [0.1, 0.15) is 31.0 Å². The summed E-state index contributed by atoms with van der Waals surface area (Å²) in [5, 5.41) is 9.96. The lowest BCUT2D eigenvalue weighted by molar-refractivity contribution is -0.139. The average molecular weight is 578 g/mol. The van der Waals surface area contributed by atoms with Crippen molar-refractivity contribution in [2.24, 2.45) is 4.99 Å². The first-order chi connectivity index (χ1) is 15.3. The second kappa shape index (κ2) is 9.17. The molecule has 0 amide bonds. The van der Waals surface area contributed by atoms with Gasteiger partial charge in [-0.1, -0.05) is 41.7 Å². The minimum atomic E-state index is -0.632. The van der Waals surface area contributed by atoms with Crippen molar-refractivity contribution >= 4 is 55.2 Å². The molecular formula is C23H18Br2N2O4S. The molecule has 1 N–H and O–H groups in total. The van der Waals surface area contributed by atoms with Gasteiger partial charge in [0, 0.05) is 0 Å². The van der Waals surface area contributed by atoms with E-state index in [4.69, 9.17) is 4.74 Å². The summed E-state index contributed by atoms with van der Waals surface area (Å²) >= 11 is 7.88. The van der Waals surface area contributed by atoms with Crippen LogP contribution in [0.25, 0.3) is 6.08 Å². The summed E-state index contributed by atoms with van der Waals surface area (Å²) in [4.78, 5) is 31.4. The van der Waals surface area contributed by atoms with Crippen molar-refractivity contribution in [1.29, 1.82) is 0 Å². The lowest BCUT2D eigenvalue weighted by atomic mass is 9.96. The average Bonchev–Trinajstić information content (AvgIpc) is 3.06. The molecule has 164 valence electrons. The highest BCUT2D eigenvalue weighted by Gasteiger charge is 2.33. The van der Waals surface area contributed by atoms with Crippen molar-refractivity contribution in [3.05, 3.63) is 93.5 Å². The minimum Gasteiger partial charge on any atom is -0.506 e. The summed E-state index contributed by atoms with van der Waals surface area (Å²) in [7, 11) is 0. The van der Waals surface area contributed by atoms with E-state index >= 15 is 0 Å². The maximum absolute atomic E-state index is 13.5. The van der Waals surface area contributed by atoms with E-state index in [0.717, 1.165) is 11.1 Å². The Morgan fingerprint density at radius 2 is 1.91 bits per heavy atom. The van der Waals surface area contributed by atoms with Crippen molar-refractivity contribution in [1.82, 2.24) is 4.57 Å². The van der Waals surface area contributed by atoms with Crippen molar-refractivity contribution in [3.63, 3.8) is 0 Å². The summed E-state index contributed by atoms with van der Waals surface area (Å²) in [6.45, 7) is 3.73. The zero-order valence-corrected chi connectivity index (χ0v) is 21.1. The second-order valence-electron chi connectivity index (χ2n) is 7.05. The standard InChI is InChI=1S/C23H18Br2N2O4S/c1-3-31-22(30)18-12(2)26-23-27(19(18)14-7-5-4-6-8-14)21(29)17(32-23)11-13-9-15(24)20(28)16(25)10-13/h4-11,19,28H,3H2,1-2H3/b17-11-/t19-/m1/s1. The van der Waals surface area contributed by atoms with Crippen molar-refractivity contribution < 1.29 is 14.6 Å². The number of hydrogen-bond donors (Lipinski definition) is 1. The number of carbonyl (C=O) groups excluding carboxylic acids is 1. The Labute approximate surface area is 204 Å². The van der Waals surface area contributed by atoms with Crippen LogP contribution in [-0.4, -0.2) is 22.2 Å². The van der Waals surface area contributed by atoms with Crippen molar-refractivity contribution in [2.45, 2.75) is 19.9 Å². The van der Waals surface area contributed by atoms with Crippen molar-refractivity contribution in [2.75, 3.05) is 6.61 Å². The Bertz CT molecular complexity index is 1400. The topological polar surface area (TPSA) is 80.9 Å². The van der Waals surface area contributed by atoms with Crippen LogP contribution in [-0.2, 0) is 9.53 Å². The van der Waals surface area contributed by atoms with Crippen LogP contribution in [0.4, 0.5) is 0 Å². The van der Waals surface area contributed by atoms with Gasteiger partial charge >= 0.3 is 5.97 Å². The van der Waals surface area contributed by atoms with E-state index in [2.05, 4.69) is 36.9 Å². The number of hydrogen-bond acceptors (Lipinski definition) is 6. The summed E-state index contributed by atoms with van der Waals surface area (Å²) in [6.07, 6.45) is 1.74. The van der Waals surface area contributed by atoms with Crippen LogP contribution in [0.3, 0.4) is 0 Å². The molecule has 0 saturated heterocycles. The van der Waals surface area contributed by atoms with Gasteiger partial charge in [-0.05, 0) is 75.0 Å². The molecule has 0 unspecified atom stereocenters.